The van der Waals surface area contributed by atoms with Crippen molar-refractivity contribution in [3.63, 3.8) is 0 Å². The molecular formula is C39H45N2O5S3+. The number of carbonyl (C=O) groups excluding carboxylic acids is 1. The summed E-state index contributed by atoms with van der Waals surface area (Å²) < 4.78 is 44.5. The van der Waals surface area contributed by atoms with E-state index in [2.05, 4.69) is 98.1 Å². The number of hydrogen-bond acceptors (Lipinski definition) is 7. The highest BCUT2D eigenvalue weighted by atomic mass is 32.2. The van der Waals surface area contributed by atoms with Gasteiger partial charge in [-0.05, 0) is 85.8 Å². The number of unbranched alkanes of at least 4 members (excludes halogenated alkanes) is 3. The predicted molar refractivity (Wildman–Crippen MR) is 204 cm³/mol. The van der Waals surface area contributed by atoms with Crippen LogP contribution in [-0.2, 0) is 30.5 Å². The average Bonchev–Trinajstić information content (AvgIpc) is 3.81. The highest BCUT2D eigenvalue weighted by Crippen LogP contribution is 2.53. The minimum Gasteiger partial charge on any atom is -0.468 e. The van der Waals surface area contributed by atoms with Crippen LogP contribution < -0.4 is 4.90 Å². The van der Waals surface area contributed by atoms with Gasteiger partial charge in [0, 0.05) is 51.5 Å². The lowest BCUT2D eigenvalue weighted by Crippen LogP contribution is -2.27. The maximum absolute atomic E-state index is 12.5. The van der Waals surface area contributed by atoms with Crippen LogP contribution in [0, 0.1) is 0 Å². The van der Waals surface area contributed by atoms with E-state index in [9.17, 15) is 17.8 Å². The van der Waals surface area contributed by atoms with Gasteiger partial charge in [0.25, 0.3) is 16.6 Å². The second kappa shape index (κ2) is 14.0. The fourth-order valence-corrected chi connectivity index (χ4v) is 10.3. The zero-order chi connectivity index (χ0) is 35.0. The molecular weight excluding hydrogens is 673 g/mol. The van der Waals surface area contributed by atoms with Crippen LogP contribution in [0.2, 0.25) is 0 Å². The summed E-state index contributed by atoms with van der Waals surface area (Å²) in [6.45, 7) is 13.7. The summed E-state index contributed by atoms with van der Waals surface area (Å²) in [4.78, 5) is 12.7. The molecule has 0 atom stereocenters. The fourth-order valence-electron chi connectivity index (χ4n) is 7.60. The Morgan fingerprint density at radius 2 is 1.71 bits per heavy atom. The second-order valence-electron chi connectivity index (χ2n) is 13.8. The number of hydrogen-bond donors (Lipinski definition) is 1. The molecule has 10 heteroatoms. The Morgan fingerprint density at radius 1 is 0.939 bits per heavy atom. The highest BCUT2D eigenvalue weighted by Gasteiger charge is 2.45. The zero-order valence-corrected chi connectivity index (χ0v) is 31.3. The minimum absolute atomic E-state index is 0.0549. The van der Waals surface area contributed by atoms with Crippen LogP contribution in [0.5, 0.6) is 0 Å². The summed E-state index contributed by atoms with van der Waals surface area (Å²) in [6.07, 6.45) is 15.3. The van der Waals surface area contributed by atoms with Crippen molar-refractivity contribution in [3.05, 3.63) is 88.3 Å². The highest BCUT2D eigenvalue weighted by molar-refractivity contribution is 7.86. The summed E-state index contributed by atoms with van der Waals surface area (Å²) in [7, 11) is -4.43. The number of nitrogens with zero attached hydrogens (tertiary/aromatic N) is 2. The monoisotopic (exact) mass is 717 g/mol. The maximum atomic E-state index is 12.5. The molecule has 0 aliphatic carbocycles. The lowest BCUT2D eigenvalue weighted by Gasteiger charge is -2.27. The Morgan fingerprint density at radius 3 is 2.47 bits per heavy atom. The molecule has 0 saturated carbocycles. The van der Waals surface area contributed by atoms with Crippen LogP contribution >= 0.6 is 22.7 Å². The first kappa shape index (κ1) is 35.3. The molecule has 0 fully saturated rings. The number of allylic oxidation sites excluding steroid dienone is 6. The van der Waals surface area contributed by atoms with Crippen molar-refractivity contribution in [1.82, 2.24) is 0 Å². The van der Waals surface area contributed by atoms with Crippen molar-refractivity contribution in [3.8, 4) is 0 Å². The first-order valence-electron chi connectivity index (χ1n) is 17.0. The van der Waals surface area contributed by atoms with Crippen LogP contribution in [0.1, 0.15) is 77.8 Å². The van der Waals surface area contributed by atoms with Gasteiger partial charge in [-0.1, -0.05) is 45.4 Å². The first-order chi connectivity index (χ1) is 23.4. The largest absolute Gasteiger partial charge is 0.468 e. The molecule has 0 saturated heterocycles. The molecule has 2 aliphatic rings. The molecule has 4 heterocycles. The number of anilines is 1. The molecule has 0 radical (unpaired) electrons. The minimum atomic E-state index is -4.43. The van der Waals surface area contributed by atoms with Crippen molar-refractivity contribution >= 4 is 76.5 Å². The molecule has 2 aromatic carbocycles. The third-order valence-corrected chi connectivity index (χ3v) is 12.8. The number of benzene rings is 2. The van der Waals surface area contributed by atoms with Gasteiger partial charge in [0.15, 0.2) is 5.71 Å². The number of fused-ring (bicyclic) bond motifs is 6. The second-order valence-corrected chi connectivity index (χ2v) is 17.1. The van der Waals surface area contributed by atoms with Gasteiger partial charge in [0.2, 0.25) is 5.69 Å². The van der Waals surface area contributed by atoms with E-state index in [1.165, 1.54) is 38.4 Å². The van der Waals surface area contributed by atoms with Gasteiger partial charge >= 0.3 is 0 Å². The summed E-state index contributed by atoms with van der Waals surface area (Å²) >= 11 is 3.12. The first-order valence-corrected chi connectivity index (χ1v) is 20.2. The fraction of sp³-hybridized carbons (Fsp3) is 0.385. The quantitative estimate of drug-likeness (QED) is 0.0460. The van der Waals surface area contributed by atoms with Crippen molar-refractivity contribution in [1.29, 1.82) is 0 Å². The van der Waals surface area contributed by atoms with E-state index in [1.54, 1.807) is 17.4 Å². The van der Waals surface area contributed by atoms with Crippen LogP contribution in [0.3, 0.4) is 0 Å². The Labute approximate surface area is 297 Å². The molecule has 0 spiro atoms. The summed E-state index contributed by atoms with van der Waals surface area (Å²) in [5.74, 6) is 0. The molecule has 0 bridgehead atoms. The number of thiophene rings is 2. The van der Waals surface area contributed by atoms with Gasteiger partial charge in [-0.25, -0.2) is 0 Å². The van der Waals surface area contributed by atoms with Gasteiger partial charge in [-0.15, -0.1) is 22.7 Å². The zero-order valence-electron chi connectivity index (χ0n) is 28.9. The standard InChI is InChI=1S/C39H44N2O5S3/c1-6-7-20-41-33(38(2,3)29-16-17-31-27(36(29)41)18-23-47-31)14-10-8-11-15-34-39(4,5)35-28-19-24-48-37(28)32(49(43,44)45)25-30(35)40(34)21-12-9-13-22-46-26-42/h8,10-11,14-19,23-26H,6-7,9,12-13,20-22H2,1-5H3/p+1. The molecule has 0 amide bonds. The van der Waals surface area contributed by atoms with E-state index in [4.69, 9.17) is 4.74 Å². The van der Waals surface area contributed by atoms with Gasteiger partial charge in [-0.2, -0.15) is 13.0 Å². The summed E-state index contributed by atoms with van der Waals surface area (Å²) in [5, 5.41) is 6.24. The van der Waals surface area contributed by atoms with E-state index >= 15 is 0 Å². The average molecular weight is 718 g/mol. The normalized spacial score (nSPS) is 17.8. The van der Waals surface area contributed by atoms with Crippen molar-refractivity contribution in [2.24, 2.45) is 0 Å². The molecule has 0 unspecified atom stereocenters. The topological polar surface area (TPSA) is 86.9 Å². The van der Waals surface area contributed by atoms with Crippen molar-refractivity contribution in [2.75, 3.05) is 24.6 Å². The van der Waals surface area contributed by atoms with Gasteiger partial charge in [-0.3, -0.25) is 9.35 Å². The molecule has 6 rings (SSSR count). The Bertz CT molecular complexity index is 2130. The van der Waals surface area contributed by atoms with E-state index in [0.717, 1.165) is 61.0 Å². The van der Waals surface area contributed by atoms with Crippen LogP contribution in [0.4, 0.5) is 11.4 Å². The van der Waals surface area contributed by atoms with Crippen molar-refractivity contribution < 1.29 is 27.1 Å². The van der Waals surface area contributed by atoms with E-state index in [0.29, 0.717) is 24.3 Å². The van der Waals surface area contributed by atoms with Crippen LogP contribution in [0.25, 0.3) is 20.2 Å². The molecule has 4 aromatic rings. The van der Waals surface area contributed by atoms with Crippen LogP contribution in [0.15, 0.2) is 82.1 Å². The third kappa shape index (κ3) is 6.44. The molecule has 7 nitrogen and oxygen atoms in total. The van der Waals surface area contributed by atoms with Gasteiger partial charge in [0.1, 0.15) is 11.4 Å². The smallest absolute Gasteiger partial charge is 0.296 e. The lowest BCUT2D eigenvalue weighted by molar-refractivity contribution is -0.436. The number of rotatable bonds is 14. The molecule has 49 heavy (non-hydrogen) atoms. The lowest BCUT2D eigenvalue weighted by atomic mass is 9.81. The van der Waals surface area contributed by atoms with Crippen LogP contribution in [-0.4, -0.2) is 49.4 Å². The van der Waals surface area contributed by atoms with Crippen molar-refractivity contribution in [2.45, 2.75) is 82.4 Å². The predicted octanol–water partition coefficient (Wildman–Crippen LogP) is 9.68. The molecule has 1 N–H and O–H groups in total. The van der Waals surface area contributed by atoms with E-state index in [-0.39, 0.29) is 10.3 Å². The SMILES string of the molecule is CCCC[N+]1=C(/C=C/C=C/C=C2/N(CCCCCOC=O)c3cc(S(=O)(=O)O)c4sccc4c3C2(C)C)C(C)(C)c2ccc3sccc3c21. The number of carbonyl (C=O) groups is 1. The molecule has 258 valence electrons. The summed E-state index contributed by atoms with van der Waals surface area (Å²) in [6, 6.07) is 10.4. The third-order valence-electron chi connectivity index (χ3n) is 9.97. The Balaban J connectivity index is 1.36. The Hall–Kier alpha value is -3.57. The van der Waals surface area contributed by atoms with E-state index in [1.807, 2.05) is 11.4 Å². The number of ether oxygens (including phenoxy) is 1. The molecule has 2 aromatic heterocycles. The van der Waals surface area contributed by atoms with E-state index < -0.39 is 15.5 Å². The Kier molecular flexibility index (Phi) is 10.1. The maximum Gasteiger partial charge on any atom is 0.296 e. The van der Waals surface area contributed by atoms with Gasteiger partial charge < -0.3 is 9.64 Å². The summed E-state index contributed by atoms with van der Waals surface area (Å²) in [5.41, 5.74) is 6.35. The molecule has 2 aliphatic heterocycles. The van der Waals surface area contributed by atoms with Gasteiger partial charge in [0.05, 0.1) is 22.1 Å².